The van der Waals surface area contributed by atoms with Crippen molar-refractivity contribution in [3.63, 3.8) is 0 Å². The van der Waals surface area contributed by atoms with Crippen molar-refractivity contribution in [2.45, 2.75) is 24.5 Å². The fraction of sp³-hybridized carbons (Fsp3) is 0.636. The Morgan fingerprint density at radius 3 is 2.68 bits per heavy atom. The molecule has 19 heavy (non-hydrogen) atoms. The van der Waals surface area contributed by atoms with E-state index in [2.05, 4.69) is 15.3 Å². The van der Waals surface area contributed by atoms with E-state index < -0.39 is 11.9 Å². The average molecular weight is 295 g/mol. The number of halogens is 3. The molecule has 0 bridgehead atoms. The molecular formula is C11H16F3N3OS. The number of hydrogen-bond donors (Lipinski definition) is 1. The molecule has 0 spiro atoms. The molecule has 1 N–H and O–H groups in total. The van der Waals surface area contributed by atoms with Crippen LogP contribution in [0.3, 0.4) is 0 Å². The van der Waals surface area contributed by atoms with Crippen LogP contribution < -0.4 is 5.32 Å². The van der Waals surface area contributed by atoms with Crippen LogP contribution in [-0.2, 0) is 10.9 Å². The van der Waals surface area contributed by atoms with Crippen molar-refractivity contribution in [2.75, 3.05) is 31.3 Å². The van der Waals surface area contributed by atoms with Gasteiger partial charge in [-0.15, -0.1) is 11.8 Å². The minimum absolute atomic E-state index is 0.0107. The van der Waals surface area contributed by atoms with E-state index in [1.165, 1.54) is 18.9 Å². The normalized spacial score (nSPS) is 11.6. The second-order valence-electron chi connectivity index (χ2n) is 3.68. The van der Waals surface area contributed by atoms with E-state index >= 15 is 0 Å². The van der Waals surface area contributed by atoms with Crippen LogP contribution in [0.25, 0.3) is 0 Å². The highest BCUT2D eigenvalue weighted by Gasteiger charge is 2.33. The molecule has 108 valence electrons. The van der Waals surface area contributed by atoms with Crippen molar-refractivity contribution in [3.05, 3.63) is 11.8 Å². The standard InChI is InChI=1S/C11H16F3N3OS/c1-3-4-15-10-16-8(11(12,13)14)7-9(17-10)19-6-5-18-2/h7H,3-6H2,1-2H3,(H,15,16,17). The van der Waals surface area contributed by atoms with Gasteiger partial charge < -0.3 is 10.1 Å². The van der Waals surface area contributed by atoms with Crippen LogP contribution in [0.5, 0.6) is 0 Å². The van der Waals surface area contributed by atoms with Crippen LogP contribution in [0.15, 0.2) is 11.1 Å². The summed E-state index contributed by atoms with van der Waals surface area (Å²) in [6, 6.07) is 0.956. The molecule has 1 heterocycles. The van der Waals surface area contributed by atoms with Gasteiger partial charge in [-0.25, -0.2) is 9.97 Å². The molecule has 1 aromatic heterocycles. The number of rotatable bonds is 7. The van der Waals surface area contributed by atoms with Gasteiger partial charge in [-0.2, -0.15) is 13.2 Å². The predicted octanol–water partition coefficient (Wildman–Crippen LogP) is 3.06. The van der Waals surface area contributed by atoms with Gasteiger partial charge in [0.1, 0.15) is 5.03 Å². The molecular weight excluding hydrogens is 279 g/mol. The lowest BCUT2D eigenvalue weighted by atomic mass is 10.4. The molecule has 0 atom stereocenters. The minimum atomic E-state index is -4.47. The third kappa shape index (κ3) is 5.65. The first-order chi connectivity index (χ1) is 8.97. The molecule has 0 amide bonds. The summed E-state index contributed by atoms with van der Waals surface area (Å²) in [6.45, 7) is 2.89. The molecule has 1 rings (SSSR count). The zero-order valence-electron chi connectivity index (χ0n) is 10.8. The first-order valence-corrected chi connectivity index (χ1v) is 6.77. The minimum Gasteiger partial charge on any atom is -0.384 e. The van der Waals surface area contributed by atoms with Crippen molar-refractivity contribution in [3.8, 4) is 0 Å². The molecule has 0 unspecified atom stereocenters. The van der Waals surface area contributed by atoms with Crippen LogP contribution in [-0.4, -0.2) is 36.0 Å². The molecule has 0 aliphatic heterocycles. The first kappa shape index (κ1) is 16.0. The topological polar surface area (TPSA) is 47.0 Å². The predicted molar refractivity (Wildman–Crippen MR) is 68.4 cm³/mol. The molecule has 4 nitrogen and oxygen atoms in total. The molecule has 0 radical (unpaired) electrons. The fourth-order valence-corrected chi connectivity index (χ4v) is 1.99. The van der Waals surface area contributed by atoms with Gasteiger partial charge in [0.15, 0.2) is 5.69 Å². The zero-order chi connectivity index (χ0) is 14.3. The molecule has 0 fully saturated rings. The Kier molecular flexibility index (Phi) is 6.36. The number of methoxy groups -OCH3 is 1. The van der Waals surface area contributed by atoms with Crippen molar-refractivity contribution in [1.82, 2.24) is 9.97 Å². The second-order valence-corrected chi connectivity index (χ2v) is 4.80. The summed E-state index contributed by atoms with van der Waals surface area (Å²) in [5, 5.41) is 3.06. The summed E-state index contributed by atoms with van der Waals surface area (Å²) in [7, 11) is 1.54. The summed E-state index contributed by atoms with van der Waals surface area (Å²) >= 11 is 1.21. The number of thioether (sulfide) groups is 1. The largest absolute Gasteiger partial charge is 0.433 e. The molecule has 0 saturated heterocycles. The number of ether oxygens (including phenoxy) is 1. The van der Waals surface area contributed by atoms with E-state index in [4.69, 9.17) is 4.74 Å². The quantitative estimate of drug-likeness (QED) is 0.476. The molecule has 0 aliphatic carbocycles. The third-order valence-corrected chi connectivity index (χ3v) is 2.94. The number of nitrogens with one attached hydrogen (secondary N) is 1. The fourth-order valence-electron chi connectivity index (χ4n) is 1.19. The van der Waals surface area contributed by atoms with E-state index in [1.807, 2.05) is 6.92 Å². The lowest BCUT2D eigenvalue weighted by Crippen LogP contribution is -2.13. The third-order valence-electron chi connectivity index (χ3n) is 2.06. The van der Waals surface area contributed by atoms with E-state index in [9.17, 15) is 13.2 Å². The average Bonchev–Trinajstić information content (AvgIpc) is 2.35. The van der Waals surface area contributed by atoms with Gasteiger partial charge >= 0.3 is 6.18 Å². The number of nitrogens with zero attached hydrogens (tertiary/aromatic N) is 2. The van der Waals surface area contributed by atoms with Crippen LogP contribution in [0.2, 0.25) is 0 Å². The van der Waals surface area contributed by atoms with Crippen molar-refractivity contribution in [2.24, 2.45) is 0 Å². The van der Waals surface area contributed by atoms with Gasteiger partial charge in [-0.05, 0) is 6.42 Å². The highest BCUT2D eigenvalue weighted by Crippen LogP contribution is 2.30. The molecule has 8 heteroatoms. The Labute approximate surface area is 114 Å². The number of hydrogen-bond acceptors (Lipinski definition) is 5. The molecule has 0 aliphatic rings. The number of anilines is 1. The van der Waals surface area contributed by atoms with Gasteiger partial charge in [0.2, 0.25) is 5.95 Å². The number of alkyl halides is 3. The Morgan fingerprint density at radius 2 is 2.11 bits per heavy atom. The summed E-state index contributed by atoms with van der Waals surface area (Å²) in [5.41, 5.74) is -0.930. The van der Waals surface area contributed by atoms with Gasteiger partial charge in [0, 0.05) is 25.5 Å². The van der Waals surface area contributed by atoms with E-state index in [-0.39, 0.29) is 11.0 Å². The molecule has 1 aromatic rings. The van der Waals surface area contributed by atoms with Crippen LogP contribution in [0.4, 0.5) is 19.1 Å². The SMILES string of the molecule is CCCNc1nc(SCCOC)cc(C(F)(F)F)n1. The Hall–Kier alpha value is -1.02. The van der Waals surface area contributed by atoms with Crippen LogP contribution in [0.1, 0.15) is 19.0 Å². The van der Waals surface area contributed by atoms with Crippen LogP contribution >= 0.6 is 11.8 Å². The summed E-state index contributed by atoms with van der Waals surface area (Å²) < 4.78 is 43.0. The Morgan fingerprint density at radius 1 is 1.37 bits per heavy atom. The maximum Gasteiger partial charge on any atom is 0.433 e. The maximum absolute atomic E-state index is 12.7. The van der Waals surface area contributed by atoms with E-state index in [1.54, 1.807) is 0 Å². The highest BCUT2D eigenvalue weighted by molar-refractivity contribution is 7.99. The number of aromatic nitrogens is 2. The molecule has 0 aromatic carbocycles. The van der Waals surface area contributed by atoms with E-state index in [0.29, 0.717) is 18.9 Å². The maximum atomic E-state index is 12.7. The lowest BCUT2D eigenvalue weighted by Gasteiger charge is -2.11. The van der Waals surface area contributed by atoms with E-state index in [0.717, 1.165) is 12.5 Å². The molecule has 0 saturated carbocycles. The second kappa shape index (κ2) is 7.54. The monoisotopic (exact) mass is 295 g/mol. The van der Waals surface area contributed by atoms with Crippen molar-refractivity contribution in [1.29, 1.82) is 0 Å². The first-order valence-electron chi connectivity index (χ1n) is 5.79. The Bertz CT molecular complexity index is 401. The zero-order valence-corrected chi connectivity index (χ0v) is 11.6. The van der Waals surface area contributed by atoms with Gasteiger partial charge in [-0.1, -0.05) is 6.92 Å². The summed E-state index contributed by atoms with van der Waals surface area (Å²) in [6.07, 6.45) is -3.69. The van der Waals surface area contributed by atoms with Crippen molar-refractivity contribution < 1.29 is 17.9 Å². The lowest BCUT2D eigenvalue weighted by molar-refractivity contribution is -0.141. The summed E-state index contributed by atoms with van der Waals surface area (Å²) in [4.78, 5) is 7.52. The van der Waals surface area contributed by atoms with Gasteiger partial charge in [0.05, 0.1) is 6.61 Å². The van der Waals surface area contributed by atoms with Crippen molar-refractivity contribution >= 4 is 17.7 Å². The summed E-state index contributed by atoms with van der Waals surface area (Å²) in [5.74, 6) is 0.550. The highest BCUT2D eigenvalue weighted by atomic mass is 32.2. The Balaban J connectivity index is 2.89. The van der Waals surface area contributed by atoms with Gasteiger partial charge in [0.25, 0.3) is 0 Å². The van der Waals surface area contributed by atoms with Crippen LogP contribution in [0, 0.1) is 0 Å². The smallest absolute Gasteiger partial charge is 0.384 e. The van der Waals surface area contributed by atoms with Gasteiger partial charge in [-0.3, -0.25) is 0 Å².